The zero-order valence-electron chi connectivity index (χ0n) is 22.3. The number of hydrogen-bond donors (Lipinski definition) is 5. The van der Waals surface area contributed by atoms with E-state index in [1.807, 2.05) is 21.6 Å². The molecule has 1 fully saturated rings. The predicted molar refractivity (Wildman–Crippen MR) is 137 cm³/mol. The minimum atomic E-state index is -0.928. The van der Waals surface area contributed by atoms with Crippen LogP contribution in [0, 0.1) is 5.92 Å². The summed E-state index contributed by atoms with van der Waals surface area (Å²) in [5.41, 5.74) is 0. The van der Waals surface area contributed by atoms with Crippen molar-refractivity contribution in [3.8, 4) is 0 Å². The third-order valence-electron chi connectivity index (χ3n) is 6.34. The molecule has 2 unspecified atom stereocenters. The van der Waals surface area contributed by atoms with Crippen molar-refractivity contribution in [1.82, 2.24) is 24.5 Å². The molecule has 212 valence electrons. The van der Waals surface area contributed by atoms with E-state index in [-0.39, 0.29) is 26.2 Å². The number of rotatable bonds is 14. The number of aliphatic hydroxyl groups is 3. The first-order valence-corrected chi connectivity index (χ1v) is 13.0. The summed E-state index contributed by atoms with van der Waals surface area (Å²) in [6, 6.07) is 0. The van der Waals surface area contributed by atoms with Gasteiger partial charge in [0.15, 0.2) is 0 Å². The van der Waals surface area contributed by atoms with Crippen molar-refractivity contribution >= 4 is 11.9 Å². The molecule has 0 amide bonds. The van der Waals surface area contributed by atoms with E-state index in [9.17, 15) is 30.0 Å². The lowest BCUT2D eigenvalue weighted by atomic mass is 10.2. The van der Waals surface area contributed by atoms with Crippen LogP contribution in [0.4, 0.5) is 0 Å². The molecule has 1 aliphatic rings. The maximum absolute atomic E-state index is 11.4. The van der Waals surface area contributed by atoms with Crippen LogP contribution in [0.1, 0.15) is 20.8 Å². The van der Waals surface area contributed by atoms with Crippen molar-refractivity contribution < 1.29 is 35.1 Å². The molecular weight excluding hydrogens is 470 g/mol. The molecule has 5 N–H and O–H groups in total. The molecule has 1 aliphatic heterocycles. The first kappa shape index (κ1) is 32.6. The van der Waals surface area contributed by atoms with E-state index in [0.717, 1.165) is 13.1 Å². The largest absolute Gasteiger partial charge is 0.480 e. The van der Waals surface area contributed by atoms with Crippen LogP contribution in [0.3, 0.4) is 0 Å². The molecule has 1 heterocycles. The molecule has 12 nitrogen and oxygen atoms in total. The van der Waals surface area contributed by atoms with E-state index >= 15 is 0 Å². The summed E-state index contributed by atoms with van der Waals surface area (Å²) in [7, 11) is 0. The monoisotopic (exact) mass is 519 g/mol. The second kappa shape index (κ2) is 18.0. The molecule has 0 aliphatic carbocycles. The number of likely N-dealkylation sites (N-methyl/N-ethyl adjacent to an activating group) is 1. The fraction of sp³-hybridized carbons (Fsp3) is 0.917. The Morgan fingerprint density at radius 3 is 1.47 bits per heavy atom. The molecule has 1 saturated heterocycles. The molecule has 0 aromatic carbocycles. The summed E-state index contributed by atoms with van der Waals surface area (Å²) in [4.78, 5) is 32.8. The van der Waals surface area contributed by atoms with Gasteiger partial charge in [0.05, 0.1) is 31.9 Å². The summed E-state index contributed by atoms with van der Waals surface area (Å²) < 4.78 is 0. The van der Waals surface area contributed by atoms with Crippen molar-refractivity contribution in [2.45, 2.75) is 33.0 Å². The fourth-order valence-electron chi connectivity index (χ4n) is 4.50. The molecule has 1 rings (SSSR count). The number of nitrogens with zero attached hydrogens (tertiary/aromatic N) is 5. The van der Waals surface area contributed by atoms with Gasteiger partial charge < -0.3 is 30.4 Å². The van der Waals surface area contributed by atoms with Crippen LogP contribution in [-0.2, 0) is 9.59 Å². The van der Waals surface area contributed by atoms with Crippen LogP contribution in [0.15, 0.2) is 0 Å². The van der Waals surface area contributed by atoms with Gasteiger partial charge in [-0.1, -0.05) is 20.8 Å². The number of carbonyl (C=O) groups is 2. The van der Waals surface area contributed by atoms with Gasteiger partial charge in [0.2, 0.25) is 0 Å². The minimum absolute atomic E-state index is 0.0757. The topological polar surface area (TPSA) is 151 Å². The van der Waals surface area contributed by atoms with Crippen LogP contribution in [0.5, 0.6) is 0 Å². The molecule has 0 bridgehead atoms. The van der Waals surface area contributed by atoms with E-state index in [4.69, 9.17) is 5.11 Å². The lowest BCUT2D eigenvalue weighted by Crippen LogP contribution is -2.50. The summed E-state index contributed by atoms with van der Waals surface area (Å²) >= 11 is 0. The minimum Gasteiger partial charge on any atom is -0.480 e. The van der Waals surface area contributed by atoms with Crippen LogP contribution in [-0.4, -0.2) is 179 Å². The highest BCUT2D eigenvalue weighted by molar-refractivity contribution is 5.69. The molecule has 0 spiro atoms. The van der Waals surface area contributed by atoms with Gasteiger partial charge in [-0.3, -0.25) is 29.2 Å². The zero-order chi connectivity index (χ0) is 27.1. The molecule has 12 heteroatoms. The van der Waals surface area contributed by atoms with Crippen molar-refractivity contribution in [2.24, 2.45) is 5.92 Å². The smallest absolute Gasteiger partial charge is 0.317 e. The summed E-state index contributed by atoms with van der Waals surface area (Å²) in [5, 5.41) is 48.4. The van der Waals surface area contributed by atoms with Gasteiger partial charge in [-0.15, -0.1) is 0 Å². The number of β-amino-alcohol motifs (C(OH)–C–C–N with tert-alkyl or cyclic N) is 1. The molecule has 2 atom stereocenters. The second-order valence-corrected chi connectivity index (χ2v) is 10.2. The average molecular weight is 520 g/mol. The quantitative estimate of drug-likeness (QED) is 0.174. The van der Waals surface area contributed by atoms with Crippen molar-refractivity contribution in [2.75, 3.05) is 105 Å². The first-order chi connectivity index (χ1) is 17.0. The summed E-state index contributed by atoms with van der Waals surface area (Å²) in [6.45, 7) is 13.0. The standard InChI is InChI=1S/C24H49N5O7/c1-4-25(16-22(32)19-30)14-21(31)15-27-7-5-26(13-20(2)3)6-9-28(17-23(33)34)11-12-29(10-8-27)18-24(35)36/h20-22,30-32H,4-19H2,1-3H3,(H,33,34)(H,35,36). The van der Waals surface area contributed by atoms with E-state index in [2.05, 4.69) is 23.6 Å². The summed E-state index contributed by atoms with van der Waals surface area (Å²) in [6.07, 6.45) is -1.52. The van der Waals surface area contributed by atoms with Gasteiger partial charge in [0, 0.05) is 78.5 Å². The van der Waals surface area contributed by atoms with Gasteiger partial charge in [0.25, 0.3) is 0 Å². The Hall–Kier alpha value is -1.38. The van der Waals surface area contributed by atoms with Gasteiger partial charge in [-0.05, 0) is 12.5 Å². The molecule has 36 heavy (non-hydrogen) atoms. The van der Waals surface area contributed by atoms with Crippen LogP contribution in [0.25, 0.3) is 0 Å². The van der Waals surface area contributed by atoms with Gasteiger partial charge in [-0.25, -0.2) is 0 Å². The highest BCUT2D eigenvalue weighted by atomic mass is 16.4. The van der Waals surface area contributed by atoms with Crippen LogP contribution >= 0.6 is 0 Å². The second-order valence-electron chi connectivity index (χ2n) is 10.2. The molecule has 0 radical (unpaired) electrons. The molecule has 0 aromatic heterocycles. The predicted octanol–water partition coefficient (Wildman–Crippen LogP) is -1.93. The van der Waals surface area contributed by atoms with Gasteiger partial charge in [-0.2, -0.15) is 0 Å². The Labute approximate surface area is 215 Å². The van der Waals surface area contributed by atoms with Gasteiger partial charge in [0.1, 0.15) is 0 Å². The molecule has 0 saturated carbocycles. The van der Waals surface area contributed by atoms with E-state index in [1.54, 1.807) is 0 Å². The van der Waals surface area contributed by atoms with Crippen molar-refractivity contribution in [3.63, 3.8) is 0 Å². The van der Waals surface area contributed by atoms with E-state index in [0.29, 0.717) is 71.4 Å². The van der Waals surface area contributed by atoms with Crippen LogP contribution < -0.4 is 0 Å². The number of hydrogen-bond acceptors (Lipinski definition) is 10. The normalized spacial score (nSPS) is 20.2. The fourth-order valence-corrected chi connectivity index (χ4v) is 4.50. The Morgan fingerprint density at radius 1 is 0.722 bits per heavy atom. The first-order valence-electron chi connectivity index (χ1n) is 13.0. The Balaban J connectivity index is 2.92. The summed E-state index contributed by atoms with van der Waals surface area (Å²) in [5.74, 6) is -1.37. The van der Waals surface area contributed by atoms with Crippen molar-refractivity contribution in [1.29, 1.82) is 0 Å². The maximum Gasteiger partial charge on any atom is 0.317 e. The van der Waals surface area contributed by atoms with E-state index in [1.165, 1.54) is 0 Å². The number of carboxylic acids is 2. The maximum atomic E-state index is 11.4. The van der Waals surface area contributed by atoms with Gasteiger partial charge >= 0.3 is 11.9 Å². The van der Waals surface area contributed by atoms with E-state index < -0.39 is 24.1 Å². The average Bonchev–Trinajstić information content (AvgIpc) is 2.79. The zero-order valence-corrected chi connectivity index (χ0v) is 22.3. The lowest BCUT2D eigenvalue weighted by Gasteiger charge is -2.35. The number of aliphatic hydroxyl groups excluding tert-OH is 3. The Bertz CT molecular complexity index is 628. The molecular formula is C24H49N5O7. The third-order valence-corrected chi connectivity index (χ3v) is 6.34. The molecule has 0 aromatic rings. The third kappa shape index (κ3) is 15.0. The highest BCUT2D eigenvalue weighted by Gasteiger charge is 2.22. The number of carboxylic acid groups (broad SMARTS) is 2. The van der Waals surface area contributed by atoms with Crippen LogP contribution in [0.2, 0.25) is 0 Å². The van der Waals surface area contributed by atoms with Crippen molar-refractivity contribution in [3.05, 3.63) is 0 Å². The Kier molecular flexibility index (Phi) is 16.3. The SMILES string of the molecule is CCN(CC(O)CO)CC(O)CN1CCN(CC(=O)O)CCN(CC(=O)O)CCN(CC(C)C)CC1. The Morgan fingerprint density at radius 2 is 1.11 bits per heavy atom. The highest BCUT2D eigenvalue weighted by Crippen LogP contribution is 2.06. The number of aliphatic carboxylic acids is 2. The lowest BCUT2D eigenvalue weighted by molar-refractivity contribution is -0.140.